The molecule has 0 aliphatic carbocycles. The molecule has 0 bridgehead atoms. The van der Waals surface area contributed by atoms with Crippen molar-refractivity contribution in [2.45, 2.75) is 25.4 Å². The Balaban J connectivity index is 2.09. The summed E-state index contributed by atoms with van der Waals surface area (Å²) < 4.78 is 5.26. The van der Waals surface area contributed by atoms with Gasteiger partial charge in [-0.2, -0.15) is 0 Å². The molecule has 65 valence electrons. The summed E-state index contributed by atoms with van der Waals surface area (Å²) in [6, 6.07) is 0. The van der Waals surface area contributed by atoms with Gasteiger partial charge in [0.2, 0.25) is 0 Å². The number of hydrogen-bond donors (Lipinski definition) is 0. The number of ether oxygens (including phenoxy) is 1. The molecule has 11 heavy (non-hydrogen) atoms. The summed E-state index contributed by atoms with van der Waals surface area (Å²) in [5.74, 6) is 0. The lowest BCUT2D eigenvalue weighted by Gasteiger charge is -2.14. The Labute approximate surface area is 69.5 Å². The first-order valence-corrected chi connectivity index (χ1v) is 4.41. The molecular formula is C9H18NO. The van der Waals surface area contributed by atoms with E-state index in [1.54, 1.807) is 7.11 Å². The Kier molecular flexibility index (Phi) is 3.87. The second-order valence-corrected chi connectivity index (χ2v) is 3.15. The highest BCUT2D eigenvalue weighted by molar-refractivity contribution is 4.75. The molecule has 1 radical (unpaired) electrons. The van der Waals surface area contributed by atoms with E-state index in [9.17, 15) is 0 Å². The Morgan fingerprint density at radius 2 is 2.45 bits per heavy atom. The lowest BCUT2D eigenvalue weighted by molar-refractivity contribution is 0.108. The van der Waals surface area contributed by atoms with E-state index in [1.807, 2.05) is 0 Å². The Morgan fingerprint density at radius 1 is 1.64 bits per heavy atom. The Bertz CT molecular complexity index is 106. The Morgan fingerprint density at radius 3 is 3.00 bits per heavy atom. The van der Waals surface area contributed by atoms with Crippen LogP contribution in [0.3, 0.4) is 0 Å². The third kappa shape index (κ3) is 2.80. The van der Waals surface area contributed by atoms with E-state index in [4.69, 9.17) is 4.74 Å². The highest BCUT2D eigenvalue weighted by atomic mass is 16.5. The molecule has 1 atom stereocenters. The fourth-order valence-corrected chi connectivity index (χ4v) is 1.53. The van der Waals surface area contributed by atoms with Crippen molar-refractivity contribution >= 4 is 0 Å². The molecule has 1 aliphatic rings. The zero-order valence-corrected chi connectivity index (χ0v) is 7.38. The van der Waals surface area contributed by atoms with E-state index in [-0.39, 0.29) is 0 Å². The van der Waals surface area contributed by atoms with Gasteiger partial charge in [-0.05, 0) is 19.4 Å². The van der Waals surface area contributed by atoms with Gasteiger partial charge in [-0.15, -0.1) is 0 Å². The third-order valence-corrected chi connectivity index (χ3v) is 2.29. The number of nitrogens with zero attached hydrogens (tertiary/aromatic N) is 1. The maximum atomic E-state index is 5.26. The second-order valence-electron chi connectivity index (χ2n) is 3.15. The summed E-state index contributed by atoms with van der Waals surface area (Å²) in [6.07, 6.45) is 3.96. The maximum Gasteiger partial charge on any atom is 0.0710 e. The predicted molar refractivity (Wildman–Crippen MR) is 46.4 cm³/mol. The largest absolute Gasteiger partial charge is 0.380 e. The highest BCUT2D eigenvalue weighted by Gasteiger charge is 2.20. The molecule has 2 nitrogen and oxygen atoms in total. The molecule has 1 aliphatic heterocycles. The van der Waals surface area contributed by atoms with Crippen molar-refractivity contribution in [3.63, 3.8) is 0 Å². The van der Waals surface area contributed by atoms with Gasteiger partial charge >= 0.3 is 0 Å². The van der Waals surface area contributed by atoms with Crippen molar-refractivity contribution in [3.05, 3.63) is 6.92 Å². The summed E-state index contributed by atoms with van der Waals surface area (Å²) in [4.78, 5) is 2.46. The summed E-state index contributed by atoms with van der Waals surface area (Å²) in [5.41, 5.74) is 0. The number of methoxy groups -OCH3 is 1. The Hall–Kier alpha value is -0.0800. The SMILES string of the molecule is [CH2]CCCN1CCC(OC)C1. The zero-order valence-electron chi connectivity index (χ0n) is 7.38. The van der Waals surface area contributed by atoms with E-state index in [1.165, 1.54) is 25.9 Å². The minimum absolute atomic E-state index is 0.486. The van der Waals surface area contributed by atoms with Crippen LogP contribution < -0.4 is 0 Å². The first-order chi connectivity index (χ1) is 5.36. The third-order valence-electron chi connectivity index (χ3n) is 2.29. The van der Waals surface area contributed by atoms with Crippen molar-refractivity contribution in [2.75, 3.05) is 26.7 Å². The van der Waals surface area contributed by atoms with Crippen LogP contribution in [0.15, 0.2) is 0 Å². The lowest BCUT2D eigenvalue weighted by atomic mass is 10.3. The summed E-state index contributed by atoms with van der Waals surface area (Å²) in [5, 5.41) is 0. The van der Waals surface area contributed by atoms with Crippen LogP contribution in [0.25, 0.3) is 0 Å². The van der Waals surface area contributed by atoms with Gasteiger partial charge < -0.3 is 9.64 Å². The zero-order chi connectivity index (χ0) is 8.10. The topological polar surface area (TPSA) is 12.5 Å². The van der Waals surface area contributed by atoms with Crippen molar-refractivity contribution in [1.82, 2.24) is 4.90 Å². The van der Waals surface area contributed by atoms with Crippen LogP contribution in [0.5, 0.6) is 0 Å². The van der Waals surface area contributed by atoms with Crippen LogP contribution in [-0.2, 0) is 4.74 Å². The summed E-state index contributed by atoms with van der Waals surface area (Å²) >= 11 is 0. The monoisotopic (exact) mass is 156 g/mol. The molecular weight excluding hydrogens is 138 g/mol. The summed E-state index contributed by atoms with van der Waals surface area (Å²) in [7, 11) is 1.80. The maximum absolute atomic E-state index is 5.26. The highest BCUT2D eigenvalue weighted by Crippen LogP contribution is 2.11. The molecule has 0 N–H and O–H groups in total. The smallest absolute Gasteiger partial charge is 0.0710 e. The fraction of sp³-hybridized carbons (Fsp3) is 0.889. The lowest BCUT2D eigenvalue weighted by Crippen LogP contribution is -2.23. The fourth-order valence-electron chi connectivity index (χ4n) is 1.53. The number of rotatable bonds is 4. The second kappa shape index (κ2) is 4.73. The minimum Gasteiger partial charge on any atom is -0.380 e. The molecule has 0 aromatic heterocycles. The van der Waals surface area contributed by atoms with Crippen LogP contribution in [0.1, 0.15) is 19.3 Å². The predicted octanol–water partition coefficient (Wildman–Crippen LogP) is 1.32. The molecule has 2 heteroatoms. The van der Waals surface area contributed by atoms with Gasteiger partial charge in [-0.3, -0.25) is 0 Å². The molecule has 0 saturated carbocycles. The average Bonchev–Trinajstić information content (AvgIpc) is 2.48. The van der Waals surface area contributed by atoms with Gasteiger partial charge in [0, 0.05) is 20.2 Å². The number of likely N-dealkylation sites (tertiary alicyclic amines) is 1. The standard InChI is InChI=1S/C9H18NO/c1-3-4-6-10-7-5-9(8-10)11-2/h9H,1,3-8H2,2H3. The van der Waals surface area contributed by atoms with Gasteiger partial charge in [0.1, 0.15) is 0 Å². The average molecular weight is 156 g/mol. The minimum atomic E-state index is 0.486. The molecule has 1 fully saturated rings. The summed E-state index contributed by atoms with van der Waals surface area (Å²) in [6.45, 7) is 7.35. The number of hydrogen-bond acceptors (Lipinski definition) is 2. The van der Waals surface area contributed by atoms with E-state index in [0.717, 1.165) is 13.0 Å². The van der Waals surface area contributed by atoms with Crippen LogP contribution >= 0.6 is 0 Å². The van der Waals surface area contributed by atoms with Crippen LogP contribution in [0.2, 0.25) is 0 Å². The van der Waals surface area contributed by atoms with Crippen LogP contribution in [-0.4, -0.2) is 37.7 Å². The van der Waals surface area contributed by atoms with Gasteiger partial charge in [0.05, 0.1) is 6.10 Å². The van der Waals surface area contributed by atoms with Crippen molar-refractivity contribution in [3.8, 4) is 0 Å². The van der Waals surface area contributed by atoms with Gasteiger partial charge in [-0.25, -0.2) is 0 Å². The van der Waals surface area contributed by atoms with Crippen LogP contribution in [0.4, 0.5) is 0 Å². The molecule has 1 saturated heterocycles. The molecule has 0 spiro atoms. The van der Waals surface area contributed by atoms with Gasteiger partial charge in [0.15, 0.2) is 0 Å². The van der Waals surface area contributed by atoms with Gasteiger partial charge in [-0.1, -0.05) is 13.3 Å². The number of unbranched alkanes of at least 4 members (excludes halogenated alkanes) is 1. The molecule has 0 amide bonds. The van der Waals surface area contributed by atoms with Crippen LogP contribution in [0, 0.1) is 6.92 Å². The van der Waals surface area contributed by atoms with Crippen molar-refractivity contribution in [2.24, 2.45) is 0 Å². The normalized spacial score (nSPS) is 26.2. The molecule has 1 heterocycles. The molecule has 0 aromatic carbocycles. The molecule has 0 aromatic rings. The van der Waals surface area contributed by atoms with Crippen molar-refractivity contribution < 1.29 is 4.74 Å². The van der Waals surface area contributed by atoms with E-state index >= 15 is 0 Å². The quantitative estimate of drug-likeness (QED) is 0.608. The molecule has 1 rings (SSSR count). The van der Waals surface area contributed by atoms with E-state index < -0.39 is 0 Å². The molecule has 1 unspecified atom stereocenters. The van der Waals surface area contributed by atoms with E-state index in [0.29, 0.717) is 6.10 Å². The first kappa shape index (κ1) is 9.01. The first-order valence-electron chi connectivity index (χ1n) is 4.41. The van der Waals surface area contributed by atoms with E-state index in [2.05, 4.69) is 11.8 Å². The van der Waals surface area contributed by atoms with Crippen molar-refractivity contribution in [1.29, 1.82) is 0 Å². The van der Waals surface area contributed by atoms with Gasteiger partial charge in [0.25, 0.3) is 0 Å².